The molecule has 32 heavy (non-hydrogen) atoms. The van der Waals surface area contributed by atoms with Crippen molar-refractivity contribution in [2.45, 2.75) is 44.5 Å². The van der Waals surface area contributed by atoms with Gasteiger partial charge in [-0.05, 0) is 48.1 Å². The molecule has 1 fully saturated rings. The molecule has 0 bridgehead atoms. The molecule has 2 aliphatic heterocycles. The maximum atomic E-state index is 11.3. The molecule has 2 aliphatic rings. The summed E-state index contributed by atoms with van der Waals surface area (Å²) >= 11 is 1.69. The van der Waals surface area contributed by atoms with Crippen LogP contribution in [0.2, 0.25) is 0 Å². The minimum absolute atomic E-state index is 0.726. The third kappa shape index (κ3) is 4.74. The van der Waals surface area contributed by atoms with E-state index in [-0.39, 0.29) is 0 Å². The van der Waals surface area contributed by atoms with Crippen LogP contribution in [0.15, 0.2) is 53.9 Å². The van der Waals surface area contributed by atoms with E-state index in [2.05, 4.69) is 51.6 Å². The van der Waals surface area contributed by atoms with Gasteiger partial charge in [0.25, 0.3) is 0 Å². The lowest BCUT2D eigenvalue weighted by atomic mass is 9.88. The first kappa shape index (κ1) is 21.6. The Balaban J connectivity index is 1.16. The first-order chi connectivity index (χ1) is 15.6. The van der Waals surface area contributed by atoms with Gasteiger partial charge >= 0.3 is 0 Å². The topological polar surface area (TPSA) is 48.8 Å². The van der Waals surface area contributed by atoms with Gasteiger partial charge in [0.15, 0.2) is 0 Å². The van der Waals surface area contributed by atoms with Crippen LogP contribution in [0, 0.1) is 0 Å². The summed E-state index contributed by atoms with van der Waals surface area (Å²) in [4.78, 5) is 9.75. The highest BCUT2D eigenvalue weighted by Crippen LogP contribution is 2.34. The van der Waals surface area contributed by atoms with Crippen LogP contribution >= 0.6 is 11.3 Å². The lowest BCUT2D eigenvalue weighted by molar-refractivity contribution is -0.0308. The van der Waals surface area contributed by atoms with Crippen LogP contribution < -0.4 is 4.74 Å². The second-order valence-corrected chi connectivity index (χ2v) is 9.95. The molecule has 0 aliphatic carbocycles. The molecule has 3 heterocycles. The smallest absolute Gasteiger partial charge is 0.118 e. The lowest BCUT2D eigenvalue weighted by Gasteiger charge is -2.37. The molecule has 5 nitrogen and oxygen atoms in total. The zero-order valence-corrected chi connectivity index (χ0v) is 19.5. The second-order valence-electron chi connectivity index (χ2n) is 9.01. The third-order valence-corrected chi connectivity index (χ3v) is 7.68. The second kappa shape index (κ2) is 9.32. The fraction of sp³-hybridized carbons (Fsp3) is 0.423. The summed E-state index contributed by atoms with van der Waals surface area (Å²) in [5.74, 6) is 0.884. The van der Waals surface area contributed by atoms with Gasteiger partial charge in [-0.3, -0.25) is 9.80 Å². The molecule has 0 spiro atoms. The molecule has 6 heteroatoms. The number of rotatable bonds is 6. The highest BCUT2D eigenvalue weighted by Gasteiger charge is 2.36. The molecule has 1 N–H and O–H groups in total. The molecule has 0 unspecified atom stereocenters. The zero-order chi connectivity index (χ0) is 22.0. The van der Waals surface area contributed by atoms with Gasteiger partial charge in [-0.25, -0.2) is 4.98 Å². The van der Waals surface area contributed by atoms with Crippen molar-refractivity contribution in [1.29, 1.82) is 0 Å². The molecule has 1 saturated heterocycles. The Labute approximate surface area is 194 Å². The van der Waals surface area contributed by atoms with Gasteiger partial charge in [-0.15, -0.1) is 11.3 Å². The van der Waals surface area contributed by atoms with Crippen LogP contribution in [-0.2, 0) is 31.7 Å². The number of likely N-dealkylation sites (tertiary alicyclic amines) is 1. The summed E-state index contributed by atoms with van der Waals surface area (Å²) in [5.41, 5.74) is 4.23. The van der Waals surface area contributed by atoms with Crippen molar-refractivity contribution in [3.8, 4) is 5.75 Å². The standard InChI is InChI=1S/C26H31N3O2S/c1-31-23-8-6-20(7-9-23)16-28-14-11-26(30,12-15-28)24-19-32-25(27-24)18-29-13-10-21-4-2-3-5-22(21)17-29/h2-9,19,30H,10-18H2,1H3. The molecule has 1 aromatic heterocycles. The molecular weight excluding hydrogens is 418 g/mol. The quantitative estimate of drug-likeness (QED) is 0.611. The number of aromatic nitrogens is 1. The number of piperidine rings is 1. The molecule has 0 amide bonds. The number of hydrogen-bond donors (Lipinski definition) is 1. The SMILES string of the molecule is COc1ccc(CN2CCC(O)(c3csc(CN4CCc5ccccc5C4)n3)CC2)cc1. The van der Waals surface area contributed by atoms with Crippen LogP contribution in [0.3, 0.4) is 0 Å². The third-order valence-electron chi connectivity index (χ3n) is 6.85. The predicted molar refractivity (Wildman–Crippen MR) is 128 cm³/mol. The van der Waals surface area contributed by atoms with Crippen molar-refractivity contribution < 1.29 is 9.84 Å². The van der Waals surface area contributed by atoms with Crippen LogP contribution in [0.5, 0.6) is 5.75 Å². The lowest BCUT2D eigenvalue weighted by Crippen LogP contribution is -2.42. The summed E-state index contributed by atoms with van der Waals surface area (Å²) in [5, 5.41) is 14.5. The first-order valence-corrected chi connectivity index (χ1v) is 12.3. The molecular formula is C26H31N3O2S. The number of nitrogens with zero attached hydrogens (tertiary/aromatic N) is 3. The fourth-order valence-corrected chi connectivity index (χ4v) is 5.73. The summed E-state index contributed by atoms with van der Waals surface area (Å²) in [6.07, 6.45) is 2.55. The minimum Gasteiger partial charge on any atom is -0.497 e. The van der Waals surface area contributed by atoms with E-state index in [4.69, 9.17) is 9.72 Å². The number of ether oxygens (including phenoxy) is 1. The number of hydrogen-bond acceptors (Lipinski definition) is 6. The van der Waals surface area contributed by atoms with Crippen molar-refractivity contribution in [2.24, 2.45) is 0 Å². The van der Waals surface area contributed by atoms with E-state index in [0.717, 1.165) is 75.0 Å². The van der Waals surface area contributed by atoms with Gasteiger partial charge in [0.1, 0.15) is 16.4 Å². The predicted octanol–water partition coefficient (Wildman–Crippen LogP) is 4.19. The van der Waals surface area contributed by atoms with Crippen LogP contribution in [-0.4, -0.2) is 46.6 Å². The maximum Gasteiger partial charge on any atom is 0.118 e. The van der Waals surface area contributed by atoms with Gasteiger partial charge in [-0.1, -0.05) is 36.4 Å². The molecule has 168 valence electrons. The van der Waals surface area contributed by atoms with Gasteiger partial charge in [-0.2, -0.15) is 0 Å². The highest BCUT2D eigenvalue weighted by atomic mass is 32.1. The van der Waals surface area contributed by atoms with E-state index in [1.165, 1.54) is 16.7 Å². The largest absolute Gasteiger partial charge is 0.497 e. The van der Waals surface area contributed by atoms with Crippen molar-refractivity contribution in [3.05, 3.63) is 81.3 Å². The van der Waals surface area contributed by atoms with Crippen LogP contribution in [0.1, 0.15) is 40.2 Å². The van der Waals surface area contributed by atoms with Gasteiger partial charge in [0.05, 0.1) is 19.3 Å². The van der Waals surface area contributed by atoms with Gasteiger partial charge < -0.3 is 9.84 Å². The summed E-state index contributed by atoms with van der Waals surface area (Å²) in [7, 11) is 1.69. The number of aliphatic hydroxyl groups is 1. The van der Waals surface area contributed by atoms with E-state index in [1.54, 1.807) is 18.4 Å². The molecule has 0 saturated carbocycles. The average Bonchev–Trinajstić information content (AvgIpc) is 3.30. The zero-order valence-electron chi connectivity index (χ0n) is 18.7. The Hall–Kier alpha value is -2.25. The average molecular weight is 450 g/mol. The monoisotopic (exact) mass is 449 g/mol. The number of benzene rings is 2. The summed E-state index contributed by atoms with van der Waals surface area (Å²) in [6.45, 7) is 5.56. The minimum atomic E-state index is -0.806. The molecule has 0 radical (unpaired) electrons. The van der Waals surface area contributed by atoms with E-state index in [1.807, 2.05) is 12.1 Å². The molecule has 5 rings (SSSR count). The molecule has 0 atom stereocenters. The van der Waals surface area contributed by atoms with E-state index in [0.29, 0.717) is 0 Å². The number of fused-ring (bicyclic) bond motifs is 1. The first-order valence-electron chi connectivity index (χ1n) is 11.4. The van der Waals surface area contributed by atoms with Crippen molar-refractivity contribution in [2.75, 3.05) is 26.7 Å². The summed E-state index contributed by atoms with van der Waals surface area (Å²) < 4.78 is 5.25. The normalized spacial score (nSPS) is 18.9. The van der Waals surface area contributed by atoms with Gasteiger partial charge in [0.2, 0.25) is 0 Å². The van der Waals surface area contributed by atoms with Crippen molar-refractivity contribution in [1.82, 2.24) is 14.8 Å². The number of thiazole rings is 1. The summed E-state index contributed by atoms with van der Waals surface area (Å²) in [6, 6.07) is 17.0. The Bertz CT molecular complexity index is 1040. The Morgan fingerprint density at radius 2 is 1.72 bits per heavy atom. The molecule has 2 aromatic carbocycles. The van der Waals surface area contributed by atoms with Crippen LogP contribution in [0.25, 0.3) is 0 Å². The fourth-order valence-electron chi connectivity index (χ4n) is 4.80. The van der Waals surface area contributed by atoms with E-state index < -0.39 is 5.60 Å². The Morgan fingerprint density at radius 3 is 2.47 bits per heavy atom. The highest BCUT2D eigenvalue weighted by molar-refractivity contribution is 7.09. The Kier molecular flexibility index (Phi) is 6.28. The Morgan fingerprint density at radius 1 is 0.969 bits per heavy atom. The van der Waals surface area contributed by atoms with Crippen molar-refractivity contribution in [3.63, 3.8) is 0 Å². The molecule has 3 aromatic rings. The van der Waals surface area contributed by atoms with Crippen molar-refractivity contribution >= 4 is 11.3 Å². The number of methoxy groups -OCH3 is 1. The van der Waals surface area contributed by atoms with Crippen LogP contribution in [0.4, 0.5) is 0 Å². The van der Waals surface area contributed by atoms with E-state index in [9.17, 15) is 5.11 Å². The van der Waals surface area contributed by atoms with E-state index >= 15 is 0 Å². The van der Waals surface area contributed by atoms with Gasteiger partial charge in [0, 0.05) is 38.1 Å². The maximum absolute atomic E-state index is 11.3.